The van der Waals surface area contributed by atoms with E-state index in [0.717, 1.165) is 16.3 Å². The molecule has 0 bridgehead atoms. The number of hydrogen-bond donors (Lipinski definition) is 0. The molecule has 3 heteroatoms. The number of benzene rings is 1. The van der Waals surface area contributed by atoms with Crippen LogP contribution >= 0.6 is 11.3 Å². The van der Waals surface area contributed by atoms with E-state index in [1.165, 1.54) is 11.1 Å². The molecular formula is C13H12N2S. The summed E-state index contributed by atoms with van der Waals surface area (Å²) >= 11 is 1.55. The van der Waals surface area contributed by atoms with Gasteiger partial charge in [-0.15, -0.1) is 11.3 Å². The molecule has 0 spiro atoms. The normalized spacial score (nSPS) is 10.1. The second-order valence-electron chi connectivity index (χ2n) is 3.76. The number of nitrogens with zero attached hydrogens (tertiary/aromatic N) is 2. The summed E-state index contributed by atoms with van der Waals surface area (Å²) < 4.78 is 0. The van der Waals surface area contributed by atoms with Crippen LogP contribution in [0.5, 0.6) is 0 Å². The fourth-order valence-electron chi connectivity index (χ4n) is 1.49. The minimum Gasteiger partial charge on any atom is -0.240 e. The summed E-state index contributed by atoms with van der Waals surface area (Å²) in [6.07, 6.45) is 0.398. The Bertz CT molecular complexity index is 549. The maximum Gasteiger partial charge on any atom is 0.107 e. The highest BCUT2D eigenvalue weighted by Gasteiger charge is 2.05. The Morgan fingerprint density at radius 3 is 2.81 bits per heavy atom. The van der Waals surface area contributed by atoms with E-state index in [4.69, 9.17) is 5.26 Å². The van der Waals surface area contributed by atoms with Crippen LogP contribution in [0, 0.1) is 25.2 Å². The van der Waals surface area contributed by atoms with Crippen LogP contribution < -0.4 is 0 Å². The van der Waals surface area contributed by atoms with Crippen LogP contribution in [-0.4, -0.2) is 4.98 Å². The molecule has 80 valence electrons. The molecule has 0 radical (unpaired) electrons. The number of aryl methyl sites for hydroxylation is 2. The van der Waals surface area contributed by atoms with Crippen molar-refractivity contribution in [3.8, 4) is 17.3 Å². The van der Waals surface area contributed by atoms with E-state index < -0.39 is 0 Å². The highest BCUT2D eigenvalue weighted by Crippen LogP contribution is 2.24. The van der Waals surface area contributed by atoms with Crippen molar-refractivity contribution in [2.24, 2.45) is 0 Å². The van der Waals surface area contributed by atoms with Crippen LogP contribution in [0.15, 0.2) is 23.6 Å². The predicted molar refractivity (Wildman–Crippen MR) is 66.3 cm³/mol. The van der Waals surface area contributed by atoms with Crippen molar-refractivity contribution in [2.75, 3.05) is 0 Å². The lowest BCUT2D eigenvalue weighted by atomic mass is 10.1. The van der Waals surface area contributed by atoms with Crippen LogP contribution in [-0.2, 0) is 6.42 Å². The Morgan fingerprint density at radius 1 is 1.31 bits per heavy atom. The van der Waals surface area contributed by atoms with Gasteiger partial charge in [0.2, 0.25) is 0 Å². The van der Waals surface area contributed by atoms with Crippen LogP contribution in [0.25, 0.3) is 11.3 Å². The standard InChI is InChI=1S/C13H12N2S/c1-9-3-4-11(7-10(9)2)12-8-16-13(15-12)5-6-14/h3-4,7-8H,5H2,1-2H3. The summed E-state index contributed by atoms with van der Waals surface area (Å²) in [5.41, 5.74) is 4.66. The zero-order valence-electron chi connectivity index (χ0n) is 9.32. The van der Waals surface area contributed by atoms with Gasteiger partial charge in [0.05, 0.1) is 18.2 Å². The van der Waals surface area contributed by atoms with E-state index in [2.05, 4.69) is 43.1 Å². The third-order valence-corrected chi connectivity index (χ3v) is 3.43. The van der Waals surface area contributed by atoms with Crippen LogP contribution in [0.3, 0.4) is 0 Å². The summed E-state index contributed by atoms with van der Waals surface area (Å²) in [7, 11) is 0. The molecule has 0 saturated heterocycles. The first kappa shape index (κ1) is 10.8. The molecule has 2 nitrogen and oxygen atoms in total. The van der Waals surface area contributed by atoms with Crippen molar-refractivity contribution in [3.05, 3.63) is 39.7 Å². The summed E-state index contributed by atoms with van der Waals surface area (Å²) in [5.74, 6) is 0. The molecule has 2 aromatic rings. The molecule has 0 unspecified atom stereocenters. The molecule has 0 aliphatic heterocycles. The summed E-state index contributed by atoms with van der Waals surface area (Å²) in [6.45, 7) is 4.20. The molecule has 1 heterocycles. The third kappa shape index (κ3) is 2.12. The maximum atomic E-state index is 8.60. The number of hydrogen-bond acceptors (Lipinski definition) is 3. The minimum atomic E-state index is 0.398. The van der Waals surface area contributed by atoms with E-state index in [0.29, 0.717) is 6.42 Å². The van der Waals surface area contributed by atoms with Crippen molar-refractivity contribution in [1.29, 1.82) is 5.26 Å². The average molecular weight is 228 g/mol. The molecule has 0 N–H and O–H groups in total. The zero-order chi connectivity index (χ0) is 11.5. The molecule has 1 aromatic heterocycles. The van der Waals surface area contributed by atoms with Crippen molar-refractivity contribution >= 4 is 11.3 Å². The maximum absolute atomic E-state index is 8.60. The number of rotatable bonds is 2. The van der Waals surface area contributed by atoms with Gasteiger partial charge in [0.15, 0.2) is 0 Å². The van der Waals surface area contributed by atoms with E-state index in [1.807, 2.05) is 5.38 Å². The van der Waals surface area contributed by atoms with Gasteiger partial charge >= 0.3 is 0 Å². The van der Waals surface area contributed by atoms with Gasteiger partial charge in [-0.25, -0.2) is 4.98 Å². The lowest BCUT2D eigenvalue weighted by Crippen LogP contribution is -1.85. The second-order valence-corrected chi connectivity index (χ2v) is 4.70. The fraction of sp³-hybridized carbons (Fsp3) is 0.231. The zero-order valence-corrected chi connectivity index (χ0v) is 10.1. The highest BCUT2D eigenvalue weighted by atomic mass is 32.1. The van der Waals surface area contributed by atoms with E-state index in [9.17, 15) is 0 Å². The Labute approximate surface area is 99.2 Å². The Morgan fingerprint density at radius 2 is 2.12 bits per heavy atom. The molecule has 1 aromatic carbocycles. The molecule has 0 saturated carbocycles. The third-order valence-electron chi connectivity index (χ3n) is 2.58. The Balaban J connectivity index is 2.36. The van der Waals surface area contributed by atoms with Gasteiger partial charge in [0.1, 0.15) is 5.01 Å². The lowest BCUT2D eigenvalue weighted by Gasteiger charge is -2.02. The van der Waals surface area contributed by atoms with Crippen LogP contribution in [0.1, 0.15) is 16.1 Å². The smallest absolute Gasteiger partial charge is 0.107 e. The first-order valence-corrected chi connectivity index (χ1v) is 5.97. The average Bonchev–Trinajstić information content (AvgIpc) is 2.71. The molecule has 0 aliphatic carbocycles. The summed E-state index contributed by atoms with van der Waals surface area (Å²) in [6, 6.07) is 8.44. The molecule has 0 atom stereocenters. The van der Waals surface area contributed by atoms with Gasteiger partial charge in [0, 0.05) is 10.9 Å². The quantitative estimate of drug-likeness (QED) is 0.788. The lowest BCUT2D eigenvalue weighted by molar-refractivity contribution is 1.19. The summed E-state index contributed by atoms with van der Waals surface area (Å²) in [4.78, 5) is 4.44. The number of aromatic nitrogens is 1. The van der Waals surface area contributed by atoms with Gasteiger partial charge in [0.25, 0.3) is 0 Å². The molecule has 0 aliphatic rings. The van der Waals surface area contributed by atoms with Crippen molar-refractivity contribution in [3.63, 3.8) is 0 Å². The topological polar surface area (TPSA) is 36.7 Å². The van der Waals surface area contributed by atoms with Gasteiger partial charge in [-0.1, -0.05) is 12.1 Å². The highest BCUT2D eigenvalue weighted by molar-refractivity contribution is 7.10. The van der Waals surface area contributed by atoms with E-state index in [1.54, 1.807) is 11.3 Å². The predicted octanol–water partition coefficient (Wildman–Crippen LogP) is 3.49. The largest absolute Gasteiger partial charge is 0.240 e. The van der Waals surface area contributed by atoms with Gasteiger partial charge < -0.3 is 0 Å². The van der Waals surface area contributed by atoms with Gasteiger partial charge in [-0.05, 0) is 31.0 Å². The first-order chi connectivity index (χ1) is 7.70. The molecule has 16 heavy (non-hydrogen) atoms. The minimum absolute atomic E-state index is 0.398. The molecule has 0 fully saturated rings. The van der Waals surface area contributed by atoms with Crippen LogP contribution in [0.4, 0.5) is 0 Å². The van der Waals surface area contributed by atoms with E-state index in [-0.39, 0.29) is 0 Å². The van der Waals surface area contributed by atoms with Crippen molar-refractivity contribution in [2.45, 2.75) is 20.3 Å². The fourth-order valence-corrected chi connectivity index (χ4v) is 2.23. The number of thiazole rings is 1. The first-order valence-electron chi connectivity index (χ1n) is 5.09. The van der Waals surface area contributed by atoms with E-state index >= 15 is 0 Å². The second kappa shape index (κ2) is 4.46. The number of nitriles is 1. The summed E-state index contributed by atoms with van der Waals surface area (Å²) in [5, 5.41) is 11.5. The van der Waals surface area contributed by atoms with Gasteiger partial charge in [-0.2, -0.15) is 5.26 Å². The Hall–Kier alpha value is -1.66. The van der Waals surface area contributed by atoms with Gasteiger partial charge in [-0.3, -0.25) is 0 Å². The van der Waals surface area contributed by atoms with Crippen LogP contribution in [0.2, 0.25) is 0 Å². The SMILES string of the molecule is Cc1ccc(-c2csc(CC#N)n2)cc1C. The Kier molecular flexibility index (Phi) is 3.02. The van der Waals surface area contributed by atoms with Crippen molar-refractivity contribution < 1.29 is 0 Å². The molecule has 0 amide bonds. The molecular weight excluding hydrogens is 216 g/mol. The van der Waals surface area contributed by atoms with Crippen molar-refractivity contribution in [1.82, 2.24) is 4.98 Å². The molecule has 2 rings (SSSR count). The monoisotopic (exact) mass is 228 g/mol.